The van der Waals surface area contributed by atoms with Gasteiger partial charge in [0.2, 0.25) is 0 Å². The number of hydrogen-bond donors (Lipinski definition) is 2. The molecule has 0 unspecified atom stereocenters. The Bertz CT molecular complexity index is 1160. The van der Waals surface area contributed by atoms with E-state index in [4.69, 9.17) is 16.7 Å². The van der Waals surface area contributed by atoms with E-state index in [9.17, 15) is 27.2 Å². The molecule has 2 aromatic carbocycles. The highest BCUT2D eigenvalue weighted by atomic mass is 35.5. The zero-order valence-electron chi connectivity index (χ0n) is 15.5. The van der Waals surface area contributed by atoms with Gasteiger partial charge in [0.15, 0.2) is 0 Å². The monoisotopic (exact) mass is 455 g/mol. The largest absolute Gasteiger partial charge is 0.410 e. The number of benzene rings is 2. The van der Waals surface area contributed by atoms with Crippen LogP contribution >= 0.6 is 11.6 Å². The SMILES string of the molecule is O=C(N[C@@H](CO)C(F)(F)F)c1cc(-c2ccc(Cl)cc2)nn(-c2cccc(F)c2)c1=O. The molecule has 31 heavy (non-hydrogen) atoms. The van der Waals surface area contributed by atoms with E-state index in [1.807, 2.05) is 0 Å². The maximum atomic E-state index is 13.7. The third-order valence-electron chi connectivity index (χ3n) is 4.23. The number of hydrogen-bond acceptors (Lipinski definition) is 4. The smallest absolute Gasteiger partial charge is 0.394 e. The van der Waals surface area contributed by atoms with Crippen LogP contribution in [0.3, 0.4) is 0 Å². The summed E-state index contributed by atoms with van der Waals surface area (Å²) in [6.45, 7) is -1.41. The van der Waals surface area contributed by atoms with Crippen LogP contribution in [0.2, 0.25) is 5.02 Å². The molecule has 0 bridgehead atoms. The molecule has 162 valence electrons. The lowest BCUT2D eigenvalue weighted by atomic mass is 10.1. The highest BCUT2D eigenvalue weighted by Crippen LogP contribution is 2.22. The van der Waals surface area contributed by atoms with E-state index < -0.39 is 41.7 Å². The number of rotatable bonds is 5. The van der Waals surface area contributed by atoms with Gasteiger partial charge < -0.3 is 10.4 Å². The topological polar surface area (TPSA) is 84.2 Å². The van der Waals surface area contributed by atoms with Crippen LogP contribution < -0.4 is 10.9 Å². The van der Waals surface area contributed by atoms with Crippen LogP contribution in [0.1, 0.15) is 10.4 Å². The molecule has 1 heterocycles. The molecular weight excluding hydrogens is 442 g/mol. The molecule has 0 aliphatic carbocycles. The van der Waals surface area contributed by atoms with E-state index in [0.29, 0.717) is 15.3 Å². The van der Waals surface area contributed by atoms with Crippen LogP contribution in [0.15, 0.2) is 59.4 Å². The maximum absolute atomic E-state index is 13.7. The fourth-order valence-electron chi connectivity index (χ4n) is 2.67. The molecule has 0 fully saturated rings. The third kappa shape index (κ3) is 5.09. The van der Waals surface area contributed by atoms with Gasteiger partial charge in [0, 0.05) is 10.6 Å². The van der Waals surface area contributed by atoms with E-state index in [-0.39, 0.29) is 11.4 Å². The molecule has 0 saturated heterocycles. The summed E-state index contributed by atoms with van der Waals surface area (Å²) < 4.78 is 53.2. The van der Waals surface area contributed by atoms with Crippen molar-refractivity contribution in [2.45, 2.75) is 12.2 Å². The number of amides is 1. The number of nitrogens with one attached hydrogen (secondary N) is 1. The lowest BCUT2D eigenvalue weighted by Gasteiger charge is -2.19. The zero-order chi connectivity index (χ0) is 22.8. The van der Waals surface area contributed by atoms with Gasteiger partial charge in [0.1, 0.15) is 17.4 Å². The van der Waals surface area contributed by atoms with Crippen molar-refractivity contribution in [2.24, 2.45) is 0 Å². The van der Waals surface area contributed by atoms with Crippen molar-refractivity contribution in [3.8, 4) is 16.9 Å². The minimum Gasteiger partial charge on any atom is -0.394 e. The highest BCUT2D eigenvalue weighted by molar-refractivity contribution is 6.30. The Morgan fingerprint density at radius 2 is 1.84 bits per heavy atom. The summed E-state index contributed by atoms with van der Waals surface area (Å²) in [6.07, 6.45) is -4.93. The van der Waals surface area contributed by atoms with Gasteiger partial charge in [0.25, 0.3) is 11.5 Å². The first kappa shape index (κ1) is 22.4. The predicted octanol–water partition coefficient (Wildman–Crippen LogP) is 3.35. The summed E-state index contributed by atoms with van der Waals surface area (Å²) in [6, 6.07) is 9.28. The van der Waals surface area contributed by atoms with Crippen LogP contribution in [-0.4, -0.2) is 39.6 Å². The van der Waals surface area contributed by atoms with Crippen LogP contribution in [0.25, 0.3) is 16.9 Å². The summed E-state index contributed by atoms with van der Waals surface area (Å²) in [7, 11) is 0. The van der Waals surface area contributed by atoms with E-state index in [1.165, 1.54) is 36.4 Å². The second kappa shape index (κ2) is 8.86. The van der Waals surface area contributed by atoms with Gasteiger partial charge in [0.05, 0.1) is 18.0 Å². The molecule has 1 atom stereocenters. The number of alkyl halides is 3. The summed E-state index contributed by atoms with van der Waals surface area (Å²) in [4.78, 5) is 25.3. The minimum absolute atomic E-state index is 0.0376. The van der Waals surface area contributed by atoms with Crippen molar-refractivity contribution in [3.05, 3.63) is 81.4 Å². The predicted molar refractivity (Wildman–Crippen MR) is 105 cm³/mol. The third-order valence-corrected chi connectivity index (χ3v) is 4.48. The Morgan fingerprint density at radius 1 is 1.16 bits per heavy atom. The average molecular weight is 456 g/mol. The molecule has 0 aliphatic heterocycles. The molecule has 0 saturated carbocycles. The molecule has 6 nitrogen and oxygen atoms in total. The summed E-state index contributed by atoms with van der Waals surface area (Å²) in [5.41, 5.74) is -1.33. The fourth-order valence-corrected chi connectivity index (χ4v) is 2.79. The quantitative estimate of drug-likeness (QED) is 0.578. The van der Waals surface area contributed by atoms with Crippen molar-refractivity contribution < 1.29 is 27.5 Å². The molecule has 0 radical (unpaired) electrons. The minimum atomic E-state index is -4.93. The van der Waals surface area contributed by atoms with Crippen LogP contribution in [-0.2, 0) is 0 Å². The molecule has 1 aromatic heterocycles. The first-order chi connectivity index (χ1) is 14.6. The number of aromatic nitrogens is 2. The van der Waals surface area contributed by atoms with E-state index in [1.54, 1.807) is 5.32 Å². The Balaban J connectivity index is 2.16. The molecule has 0 spiro atoms. The van der Waals surface area contributed by atoms with Crippen molar-refractivity contribution in [1.29, 1.82) is 0 Å². The Morgan fingerprint density at radius 3 is 2.42 bits per heavy atom. The van der Waals surface area contributed by atoms with Crippen LogP contribution in [0, 0.1) is 5.82 Å². The van der Waals surface area contributed by atoms with Crippen LogP contribution in [0.4, 0.5) is 17.6 Å². The summed E-state index contributed by atoms with van der Waals surface area (Å²) in [5, 5.41) is 15.1. The van der Waals surface area contributed by atoms with Crippen molar-refractivity contribution >= 4 is 17.5 Å². The lowest BCUT2D eigenvalue weighted by Crippen LogP contribution is -2.49. The average Bonchev–Trinajstić information content (AvgIpc) is 2.71. The molecular formula is C20H14ClF4N3O3. The van der Waals surface area contributed by atoms with Gasteiger partial charge in [-0.1, -0.05) is 29.8 Å². The Kier molecular flexibility index (Phi) is 6.42. The number of carbonyl (C=O) groups is 1. The maximum Gasteiger partial charge on any atom is 0.410 e. The van der Waals surface area contributed by atoms with E-state index in [0.717, 1.165) is 18.2 Å². The molecule has 2 N–H and O–H groups in total. The second-order valence-electron chi connectivity index (χ2n) is 6.40. The number of carbonyl (C=O) groups excluding carboxylic acids is 1. The fraction of sp³-hybridized carbons (Fsp3) is 0.150. The molecule has 0 aliphatic rings. The second-order valence-corrected chi connectivity index (χ2v) is 6.83. The van der Waals surface area contributed by atoms with Crippen molar-refractivity contribution in [1.82, 2.24) is 15.1 Å². The Hall–Kier alpha value is -3.24. The number of nitrogens with zero attached hydrogens (tertiary/aromatic N) is 2. The van der Waals surface area contributed by atoms with Gasteiger partial charge in [-0.2, -0.15) is 23.0 Å². The van der Waals surface area contributed by atoms with Gasteiger partial charge in [-0.25, -0.2) is 4.39 Å². The Labute approximate surface area is 177 Å². The van der Waals surface area contributed by atoms with E-state index in [2.05, 4.69) is 5.10 Å². The van der Waals surface area contributed by atoms with Gasteiger partial charge >= 0.3 is 6.18 Å². The summed E-state index contributed by atoms with van der Waals surface area (Å²) >= 11 is 5.86. The van der Waals surface area contributed by atoms with Gasteiger partial charge in [-0.3, -0.25) is 9.59 Å². The van der Waals surface area contributed by atoms with Crippen molar-refractivity contribution in [3.63, 3.8) is 0 Å². The number of halogens is 5. The highest BCUT2D eigenvalue weighted by Gasteiger charge is 2.40. The zero-order valence-corrected chi connectivity index (χ0v) is 16.3. The first-order valence-corrected chi connectivity index (χ1v) is 9.12. The summed E-state index contributed by atoms with van der Waals surface area (Å²) in [5.74, 6) is -2.06. The van der Waals surface area contributed by atoms with Gasteiger partial charge in [-0.15, -0.1) is 0 Å². The normalized spacial score (nSPS) is 12.5. The number of aliphatic hydroxyl groups excluding tert-OH is 1. The van der Waals surface area contributed by atoms with E-state index >= 15 is 0 Å². The molecule has 11 heteroatoms. The first-order valence-electron chi connectivity index (χ1n) is 8.75. The number of aliphatic hydroxyl groups is 1. The van der Waals surface area contributed by atoms with Crippen molar-refractivity contribution in [2.75, 3.05) is 6.61 Å². The van der Waals surface area contributed by atoms with Crippen LogP contribution in [0.5, 0.6) is 0 Å². The molecule has 3 rings (SSSR count). The van der Waals surface area contributed by atoms with Gasteiger partial charge in [-0.05, 0) is 36.4 Å². The molecule has 3 aromatic rings. The lowest BCUT2D eigenvalue weighted by molar-refractivity contribution is -0.161. The standard InChI is InChI=1S/C20H14ClF4N3O3/c21-12-6-4-11(5-7-12)16-9-15(18(30)26-17(10-29)20(23,24)25)19(31)28(27-16)14-3-1-2-13(22)8-14/h1-9,17,29H,10H2,(H,26,30)/t17-/m0/s1. The molecule has 1 amide bonds.